The molecule has 0 fully saturated rings. The molecule has 7 nitrogen and oxygen atoms in total. The Kier molecular flexibility index (Phi) is 6.87. The number of hydrogen-bond donors (Lipinski definition) is 3. The molecule has 0 saturated carbocycles. The summed E-state index contributed by atoms with van der Waals surface area (Å²) in [5.74, 6) is 0.0980. The van der Waals surface area contributed by atoms with E-state index in [0.29, 0.717) is 22.9 Å². The Morgan fingerprint density at radius 2 is 2.08 bits per heavy atom. The van der Waals surface area contributed by atoms with Crippen LogP contribution in [0.5, 0.6) is 0 Å². The van der Waals surface area contributed by atoms with Crippen molar-refractivity contribution >= 4 is 33.0 Å². The Morgan fingerprint density at radius 3 is 2.73 bits per heavy atom. The lowest BCUT2D eigenvalue weighted by molar-refractivity contribution is 0.102. The van der Waals surface area contributed by atoms with E-state index in [1.807, 2.05) is 6.92 Å². The molecule has 26 heavy (non-hydrogen) atoms. The maximum atomic E-state index is 12.6. The summed E-state index contributed by atoms with van der Waals surface area (Å²) in [6, 6.07) is 6.12. The highest BCUT2D eigenvalue weighted by Gasteiger charge is 2.19. The number of carbonyl (C=O) groups is 1. The Morgan fingerprint density at radius 1 is 1.35 bits per heavy atom. The second kappa shape index (κ2) is 8.72. The van der Waals surface area contributed by atoms with Gasteiger partial charge in [0, 0.05) is 18.8 Å². The van der Waals surface area contributed by atoms with Gasteiger partial charge in [-0.1, -0.05) is 19.9 Å². The van der Waals surface area contributed by atoms with Crippen molar-refractivity contribution in [2.24, 2.45) is 11.7 Å². The lowest BCUT2D eigenvalue weighted by atomic mass is 10.1. The number of aromatic nitrogens is 1. The fourth-order valence-electron chi connectivity index (χ4n) is 2.38. The average Bonchev–Trinajstić information content (AvgIpc) is 2.93. The van der Waals surface area contributed by atoms with Crippen molar-refractivity contribution in [2.75, 3.05) is 18.4 Å². The molecule has 0 saturated heterocycles. The third kappa shape index (κ3) is 5.34. The number of hydrogen-bond acceptors (Lipinski definition) is 6. The van der Waals surface area contributed by atoms with E-state index in [1.54, 1.807) is 12.1 Å². The van der Waals surface area contributed by atoms with Gasteiger partial charge in [0.1, 0.15) is 4.88 Å². The van der Waals surface area contributed by atoms with Gasteiger partial charge in [0.25, 0.3) is 5.91 Å². The molecule has 0 radical (unpaired) electrons. The van der Waals surface area contributed by atoms with E-state index in [4.69, 9.17) is 5.73 Å². The minimum atomic E-state index is -3.66. The van der Waals surface area contributed by atoms with Crippen LogP contribution in [0.15, 0.2) is 29.2 Å². The molecular formula is C17H24N4O3S2. The van der Waals surface area contributed by atoms with Crippen LogP contribution in [0, 0.1) is 12.8 Å². The van der Waals surface area contributed by atoms with Gasteiger partial charge < -0.3 is 11.1 Å². The molecule has 9 heteroatoms. The second-order valence-electron chi connectivity index (χ2n) is 6.28. The molecule has 0 atom stereocenters. The maximum absolute atomic E-state index is 12.6. The standard InChI is InChI=1S/C17H24N4O3S2/c1-11(2)9-15-16(25-12(3)20-15)17(22)21-13-5-4-6-14(10-13)26(23,24)19-8-7-18/h4-6,10-11,19H,7-9,18H2,1-3H3,(H,21,22). The Bertz CT molecular complexity index is 876. The van der Waals surface area contributed by atoms with Gasteiger partial charge in [-0.25, -0.2) is 18.1 Å². The smallest absolute Gasteiger partial charge is 0.267 e. The van der Waals surface area contributed by atoms with Gasteiger partial charge >= 0.3 is 0 Å². The highest BCUT2D eigenvalue weighted by molar-refractivity contribution is 7.89. The zero-order chi connectivity index (χ0) is 19.3. The normalized spacial score (nSPS) is 11.7. The summed E-state index contributed by atoms with van der Waals surface area (Å²) >= 11 is 1.34. The number of nitrogens with zero attached hydrogens (tertiary/aromatic N) is 1. The number of nitrogens with one attached hydrogen (secondary N) is 2. The lowest BCUT2D eigenvalue weighted by Crippen LogP contribution is -2.29. The zero-order valence-corrected chi connectivity index (χ0v) is 16.7. The number of sulfonamides is 1. The summed E-state index contributed by atoms with van der Waals surface area (Å²) in [6.45, 7) is 6.36. The Labute approximate surface area is 158 Å². The first kappa shape index (κ1) is 20.5. The first-order valence-corrected chi connectivity index (χ1v) is 10.6. The summed E-state index contributed by atoms with van der Waals surface area (Å²) in [7, 11) is -3.66. The summed E-state index contributed by atoms with van der Waals surface area (Å²) in [5, 5.41) is 3.60. The van der Waals surface area contributed by atoms with Crippen LogP contribution in [0.25, 0.3) is 0 Å². The molecular weight excluding hydrogens is 372 g/mol. The molecule has 0 aliphatic carbocycles. The molecule has 0 unspecified atom stereocenters. The average molecular weight is 397 g/mol. The first-order valence-electron chi connectivity index (χ1n) is 8.30. The van der Waals surface area contributed by atoms with Gasteiger partial charge in [0.15, 0.2) is 0 Å². The molecule has 1 aromatic heterocycles. The summed E-state index contributed by atoms with van der Waals surface area (Å²) in [4.78, 5) is 17.7. The largest absolute Gasteiger partial charge is 0.329 e. The minimum Gasteiger partial charge on any atom is -0.329 e. The van der Waals surface area contributed by atoms with Crippen LogP contribution < -0.4 is 15.8 Å². The first-order chi connectivity index (χ1) is 12.2. The van der Waals surface area contributed by atoms with Crippen molar-refractivity contribution < 1.29 is 13.2 Å². The molecule has 0 aliphatic heterocycles. The number of benzene rings is 1. The van der Waals surface area contributed by atoms with Crippen LogP contribution in [-0.2, 0) is 16.4 Å². The minimum absolute atomic E-state index is 0.0756. The van der Waals surface area contributed by atoms with Crippen molar-refractivity contribution in [1.82, 2.24) is 9.71 Å². The van der Waals surface area contributed by atoms with Crippen LogP contribution >= 0.6 is 11.3 Å². The van der Waals surface area contributed by atoms with E-state index in [0.717, 1.165) is 10.7 Å². The predicted octanol–water partition coefficient (Wildman–Crippen LogP) is 2.14. The maximum Gasteiger partial charge on any atom is 0.267 e. The van der Waals surface area contributed by atoms with Crippen molar-refractivity contribution in [3.8, 4) is 0 Å². The number of anilines is 1. The highest BCUT2D eigenvalue weighted by Crippen LogP contribution is 2.23. The fraction of sp³-hybridized carbons (Fsp3) is 0.412. The van der Waals surface area contributed by atoms with Crippen LogP contribution in [-0.4, -0.2) is 32.4 Å². The van der Waals surface area contributed by atoms with Gasteiger partial charge in [0.05, 0.1) is 15.6 Å². The SMILES string of the molecule is Cc1nc(CC(C)C)c(C(=O)Nc2cccc(S(=O)(=O)NCCN)c2)s1. The monoisotopic (exact) mass is 396 g/mol. The van der Waals surface area contributed by atoms with Gasteiger partial charge in [-0.15, -0.1) is 11.3 Å². The fourth-order valence-corrected chi connectivity index (χ4v) is 4.31. The predicted molar refractivity (Wildman–Crippen MR) is 104 cm³/mol. The molecule has 2 aromatic rings. The molecule has 0 aliphatic rings. The van der Waals surface area contributed by atoms with E-state index < -0.39 is 10.0 Å². The van der Waals surface area contributed by atoms with E-state index in [9.17, 15) is 13.2 Å². The molecule has 2 rings (SSSR count). The molecule has 142 valence electrons. The zero-order valence-electron chi connectivity index (χ0n) is 15.1. The molecule has 4 N–H and O–H groups in total. The number of aryl methyl sites for hydroxylation is 1. The molecule has 1 amide bonds. The topological polar surface area (TPSA) is 114 Å². The van der Waals surface area contributed by atoms with E-state index >= 15 is 0 Å². The Balaban J connectivity index is 2.22. The summed E-state index contributed by atoms with van der Waals surface area (Å²) in [6.07, 6.45) is 0.713. The van der Waals surface area contributed by atoms with E-state index in [2.05, 4.69) is 28.9 Å². The number of amides is 1. The van der Waals surface area contributed by atoms with Crippen molar-refractivity contribution in [2.45, 2.75) is 32.1 Å². The van der Waals surface area contributed by atoms with Crippen molar-refractivity contribution in [3.05, 3.63) is 39.8 Å². The van der Waals surface area contributed by atoms with Crippen LogP contribution in [0.3, 0.4) is 0 Å². The van der Waals surface area contributed by atoms with Gasteiger partial charge in [-0.05, 0) is 37.5 Å². The van der Waals surface area contributed by atoms with Crippen LogP contribution in [0.4, 0.5) is 5.69 Å². The quantitative estimate of drug-likeness (QED) is 0.632. The van der Waals surface area contributed by atoms with Gasteiger partial charge in [-0.3, -0.25) is 4.79 Å². The Hall–Kier alpha value is -1.81. The molecule has 1 aromatic carbocycles. The number of carbonyl (C=O) groups excluding carboxylic acids is 1. The summed E-state index contributed by atoms with van der Waals surface area (Å²) in [5.41, 5.74) is 6.52. The highest BCUT2D eigenvalue weighted by atomic mass is 32.2. The van der Waals surface area contributed by atoms with Crippen LogP contribution in [0.2, 0.25) is 0 Å². The van der Waals surface area contributed by atoms with E-state index in [-0.39, 0.29) is 23.9 Å². The third-order valence-electron chi connectivity index (χ3n) is 3.45. The van der Waals surface area contributed by atoms with Crippen molar-refractivity contribution in [1.29, 1.82) is 0 Å². The number of nitrogens with two attached hydrogens (primary N) is 1. The van der Waals surface area contributed by atoms with E-state index in [1.165, 1.54) is 23.5 Å². The lowest BCUT2D eigenvalue weighted by Gasteiger charge is -2.09. The second-order valence-corrected chi connectivity index (χ2v) is 9.25. The number of thiazole rings is 1. The van der Waals surface area contributed by atoms with Crippen molar-refractivity contribution in [3.63, 3.8) is 0 Å². The molecule has 1 heterocycles. The molecule has 0 spiro atoms. The van der Waals surface area contributed by atoms with Gasteiger partial charge in [0.2, 0.25) is 10.0 Å². The van der Waals surface area contributed by atoms with Gasteiger partial charge in [-0.2, -0.15) is 0 Å². The molecule has 0 bridgehead atoms. The third-order valence-corrected chi connectivity index (χ3v) is 5.92. The number of rotatable bonds is 8. The van der Waals surface area contributed by atoms with Crippen LogP contribution in [0.1, 0.15) is 34.2 Å². The summed E-state index contributed by atoms with van der Waals surface area (Å²) < 4.78 is 26.8.